The highest BCUT2D eigenvalue weighted by molar-refractivity contribution is 5.91. The number of carboxylic acid groups (broad SMARTS) is 1. The maximum Gasteiger partial charge on any atom is 0.319 e. The molecule has 0 atom stereocenters. The van der Waals surface area contributed by atoms with Crippen LogP contribution in [-0.4, -0.2) is 35.7 Å². The van der Waals surface area contributed by atoms with Gasteiger partial charge in [0, 0.05) is 12.0 Å². The molecule has 2 amide bonds. The van der Waals surface area contributed by atoms with E-state index in [1.807, 2.05) is 0 Å². The minimum atomic E-state index is -2.62. The number of nitrogens with one attached hydrogen (secondary N) is 2. The molecule has 1 aromatic carbocycles. The maximum atomic E-state index is 12.2. The number of benzene rings is 1. The van der Waals surface area contributed by atoms with E-state index in [1.54, 1.807) is 26.0 Å². The van der Waals surface area contributed by atoms with Crippen molar-refractivity contribution in [1.29, 1.82) is 0 Å². The van der Waals surface area contributed by atoms with E-state index in [0.29, 0.717) is 0 Å². The topological polar surface area (TPSA) is 87.7 Å². The number of carbonyl (C=O) groups is 2. The fourth-order valence-electron chi connectivity index (χ4n) is 1.79. The summed E-state index contributed by atoms with van der Waals surface area (Å²) < 4.78 is 29.4. The van der Waals surface area contributed by atoms with Crippen LogP contribution in [0.15, 0.2) is 24.3 Å². The number of urea groups is 1. The first-order chi connectivity index (χ1) is 10.7. The third-order valence-corrected chi connectivity index (χ3v) is 2.92. The Morgan fingerprint density at radius 2 is 1.96 bits per heavy atom. The van der Waals surface area contributed by atoms with Gasteiger partial charge in [-0.3, -0.25) is 4.79 Å². The summed E-state index contributed by atoms with van der Waals surface area (Å²) >= 11 is 0. The summed E-state index contributed by atoms with van der Waals surface area (Å²) in [6.07, 6.45) is -2.45. The van der Waals surface area contributed by atoms with Gasteiger partial charge in [-0.05, 0) is 32.4 Å². The van der Waals surface area contributed by atoms with E-state index in [-0.39, 0.29) is 24.3 Å². The number of rotatable bonds is 8. The van der Waals surface area contributed by atoms with Crippen LogP contribution in [0.2, 0.25) is 0 Å². The van der Waals surface area contributed by atoms with Crippen LogP contribution in [0.3, 0.4) is 0 Å². The van der Waals surface area contributed by atoms with Crippen LogP contribution < -0.4 is 15.4 Å². The molecule has 0 saturated carbocycles. The summed E-state index contributed by atoms with van der Waals surface area (Å²) in [6, 6.07) is 5.63. The molecule has 0 aromatic heterocycles. The Kier molecular flexibility index (Phi) is 6.74. The summed E-state index contributed by atoms with van der Waals surface area (Å²) in [7, 11) is 0. The minimum Gasteiger partial charge on any atom is -0.485 e. The van der Waals surface area contributed by atoms with Gasteiger partial charge in [0.25, 0.3) is 6.43 Å². The molecule has 3 N–H and O–H groups in total. The highest BCUT2D eigenvalue weighted by Crippen LogP contribution is 2.24. The molecule has 0 bridgehead atoms. The van der Waals surface area contributed by atoms with Gasteiger partial charge in [-0.25, -0.2) is 13.6 Å². The van der Waals surface area contributed by atoms with Gasteiger partial charge in [-0.2, -0.15) is 0 Å². The first kappa shape index (κ1) is 18.7. The lowest BCUT2D eigenvalue weighted by Gasteiger charge is -2.26. The first-order valence-electron chi connectivity index (χ1n) is 7.00. The summed E-state index contributed by atoms with van der Waals surface area (Å²) in [5, 5.41) is 13.8. The Morgan fingerprint density at radius 3 is 2.57 bits per heavy atom. The van der Waals surface area contributed by atoms with Crippen LogP contribution in [-0.2, 0) is 4.79 Å². The molecule has 0 radical (unpaired) electrons. The number of hydrogen-bond donors (Lipinski definition) is 3. The molecule has 0 aliphatic rings. The zero-order valence-electron chi connectivity index (χ0n) is 12.9. The lowest BCUT2D eigenvalue weighted by Crippen LogP contribution is -2.45. The van der Waals surface area contributed by atoms with Crippen LogP contribution in [0.25, 0.3) is 0 Å². The van der Waals surface area contributed by atoms with Crippen LogP contribution in [0.1, 0.15) is 26.7 Å². The second-order valence-corrected chi connectivity index (χ2v) is 5.55. The molecule has 0 heterocycles. The van der Waals surface area contributed by atoms with Gasteiger partial charge in [0.2, 0.25) is 0 Å². The summed E-state index contributed by atoms with van der Waals surface area (Å²) in [6.45, 7) is 2.61. The summed E-state index contributed by atoms with van der Waals surface area (Å²) in [5.41, 5.74) is -0.485. The lowest BCUT2D eigenvalue weighted by atomic mass is 9.99. The van der Waals surface area contributed by atoms with Crippen molar-refractivity contribution in [1.82, 2.24) is 5.32 Å². The lowest BCUT2D eigenvalue weighted by molar-refractivity contribution is -0.137. The largest absolute Gasteiger partial charge is 0.485 e. The number of ether oxygens (including phenoxy) is 1. The first-order valence-corrected chi connectivity index (χ1v) is 7.00. The Hall–Kier alpha value is -2.38. The second-order valence-electron chi connectivity index (χ2n) is 5.55. The zero-order valence-corrected chi connectivity index (χ0v) is 12.9. The molecule has 0 fully saturated rings. The van der Waals surface area contributed by atoms with Crippen molar-refractivity contribution in [2.75, 3.05) is 11.9 Å². The zero-order chi connectivity index (χ0) is 17.5. The van der Waals surface area contributed by atoms with E-state index < -0.39 is 30.6 Å². The van der Waals surface area contributed by atoms with E-state index in [9.17, 15) is 18.4 Å². The number of carbonyl (C=O) groups excluding carboxylic acids is 1. The van der Waals surface area contributed by atoms with Gasteiger partial charge in [0.1, 0.15) is 12.4 Å². The fourth-order valence-corrected chi connectivity index (χ4v) is 1.79. The molecule has 0 unspecified atom stereocenters. The van der Waals surface area contributed by atoms with Crippen molar-refractivity contribution in [2.24, 2.45) is 0 Å². The predicted octanol–water partition coefficient (Wildman–Crippen LogP) is 3.10. The van der Waals surface area contributed by atoms with Crippen molar-refractivity contribution in [3.8, 4) is 5.75 Å². The number of aliphatic carboxylic acids is 1. The number of alkyl halides is 2. The monoisotopic (exact) mass is 330 g/mol. The smallest absolute Gasteiger partial charge is 0.319 e. The third kappa shape index (κ3) is 7.44. The normalized spacial score (nSPS) is 11.2. The molecule has 128 valence electrons. The van der Waals surface area contributed by atoms with Gasteiger partial charge in [-0.1, -0.05) is 12.1 Å². The van der Waals surface area contributed by atoms with Crippen molar-refractivity contribution in [3.05, 3.63) is 24.3 Å². The van der Waals surface area contributed by atoms with Crippen molar-refractivity contribution >= 4 is 17.7 Å². The number of carboxylic acids is 1. The number of halogens is 2. The molecule has 0 saturated heterocycles. The Morgan fingerprint density at radius 1 is 1.30 bits per heavy atom. The SMILES string of the molecule is CC(C)(CCC(=O)O)NC(=O)Nc1ccccc1OCC(F)F. The van der Waals surface area contributed by atoms with Crippen LogP contribution >= 0.6 is 0 Å². The van der Waals surface area contributed by atoms with E-state index in [1.165, 1.54) is 12.1 Å². The van der Waals surface area contributed by atoms with Crippen LogP contribution in [0.4, 0.5) is 19.3 Å². The Balaban J connectivity index is 2.65. The summed E-state index contributed by atoms with van der Waals surface area (Å²) in [4.78, 5) is 22.6. The van der Waals surface area contributed by atoms with Crippen molar-refractivity contribution in [2.45, 2.75) is 38.7 Å². The Bertz CT molecular complexity index is 550. The van der Waals surface area contributed by atoms with E-state index >= 15 is 0 Å². The quantitative estimate of drug-likeness (QED) is 0.683. The molecular weight excluding hydrogens is 310 g/mol. The minimum absolute atomic E-state index is 0.0820. The third-order valence-electron chi connectivity index (χ3n) is 2.92. The highest BCUT2D eigenvalue weighted by atomic mass is 19.3. The van der Waals surface area contributed by atoms with Crippen LogP contribution in [0, 0.1) is 0 Å². The molecule has 0 spiro atoms. The highest BCUT2D eigenvalue weighted by Gasteiger charge is 2.22. The average molecular weight is 330 g/mol. The number of amides is 2. The van der Waals surface area contributed by atoms with E-state index in [0.717, 1.165) is 0 Å². The molecule has 23 heavy (non-hydrogen) atoms. The maximum absolute atomic E-state index is 12.2. The van der Waals surface area contributed by atoms with E-state index in [2.05, 4.69) is 10.6 Å². The summed E-state index contributed by atoms with van der Waals surface area (Å²) in [5.74, 6) is -0.822. The van der Waals surface area contributed by atoms with Crippen LogP contribution in [0.5, 0.6) is 5.75 Å². The molecule has 0 aliphatic carbocycles. The fraction of sp³-hybridized carbons (Fsp3) is 0.467. The molecule has 1 rings (SSSR count). The molecule has 1 aromatic rings. The number of hydrogen-bond acceptors (Lipinski definition) is 3. The van der Waals surface area contributed by atoms with Gasteiger partial charge >= 0.3 is 12.0 Å². The van der Waals surface area contributed by atoms with Gasteiger partial charge < -0.3 is 20.5 Å². The van der Waals surface area contributed by atoms with Crippen molar-refractivity contribution < 1.29 is 28.2 Å². The predicted molar refractivity (Wildman–Crippen MR) is 81.0 cm³/mol. The molecule has 6 nitrogen and oxygen atoms in total. The molecule has 0 aliphatic heterocycles. The number of anilines is 1. The second kappa shape index (κ2) is 8.30. The average Bonchev–Trinajstić information content (AvgIpc) is 2.43. The van der Waals surface area contributed by atoms with Gasteiger partial charge in [0.15, 0.2) is 0 Å². The van der Waals surface area contributed by atoms with E-state index in [4.69, 9.17) is 9.84 Å². The van der Waals surface area contributed by atoms with Gasteiger partial charge in [-0.15, -0.1) is 0 Å². The van der Waals surface area contributed by atoms with Crippen molar-refractivity contribution in [3.63, 3.8) is 0 Å². The Labute approximate surface area is 132 Å². The van der Waals surface area contributed by atoms with Gasteiger partial charge in [0.05, 0.1) is 5.69 Å². The standard InChI is InChI=1S/C15H20F2N2O4/c1-15(2,8-7-13(20)21)19-14(22)18-10-5-3-4-6-11(10)23-9-12(16)17/h3-6,12H,7-9H2,1-2H3,(H,20,21)(H2,18,19,22). The number of para-hydroxylation sites is 2. The molecular formula is C15H20F2N2O4. The molecule has 8 heteroatoms.